The molecule has 3 rings (SSSR count). The lowest BCUT2D eigenvalue weighted by Gasteiger charge is -2.28. The summed E-state index contributed by atoms with van der Waals surface area (Å²) in [5.74, 6) is 0.118. The molecule has 0 aliphatic carbocycles. The lowest BCUT2D eigenvalue weighted by atomic mass is 10.1. The number of rotatable bonds is 6. The van der Waals surface area contributed by atoms with Gasteiger partial charge < -0.3 is 15.1 Å². The molecule has 0 radical (unpaired) electrons. The molecule has 23 heavy (non-hydrogen) atoms. The third kappa shape index (κ3) is 3.90. The van der Waals surface area contributed by atoms with E-state index < -0.39 is 0 Å². The molecule has 1 N–H and O–H groups in total. The second kappa shape index (κ2) is 7.12. The number of likely N-dealkylation sites (tertiary alicyclic amines) is 1. The fourth-order valence-corrected chi connectivity index (χ4v) is 3.45. The second-order valence-electron chi connectivity index (χ2n) is 6.36. The molecule has 2 amide bonds. The number of carbonyl (C=O) groups excluding carboxylic acids is 2. The third-order valence-electron chi connectivity index (χ3n) is 4.77. The summed E-state index contributed by atoms with van der Waals surface area (Å²) >= 11 is 0. The first-order valence-corrected chi connectivity index (χ1v) is 8.44. The van der Waals surface area contributed by atoms with Gasteiger partial charge in [0.15, 0.2) is 0 Å². The minimum absolute atomic E-state index is 0.0192. The van der Waals surface area contributed by atoms with Crippen molar-refractivity contribution in [1.82, 2.24) is 24.9 Å². The first kappa shape index (κ1) is 16.0. The zero-order valence-electron chi connectivity index (χ0n) is 13.6. The lowest BCUT2D eigenvalue weighted by molar-refractivity contribution is -0.140. The number of amides is 2. The van der Waals surface area contributed by atoms with Crippen LogP contribution in [0.5, 0.6) is 0 Å². The Bertz CT molecular complexity index is 545. The minimum atomic E-state index is 0.0192. The first-order valence-electron chi connectivity index (χ1n) is 8.44. The van der Waals surface area contributed by atoms with Gasteiger partial charge in [0.2, 0.25) is 11.8 Å². The maximum atomic E-state index is 12.5. The summed E-state index contributed by atoms with van der Waals surface area (Å²) in [6.45, 7) is 4.74. The van der Waals surface area contributed by atoms with Crippen LogP contribution in [0.25, 0.3) is 0 Å². The second-order valence-corrected chi connectivity index (χ2v) is 6.36. The Kier molecular flexibility index (Phi) is 4.95. The van der Waals surface area contributed by atoms with Gasteiger partial charge in [0, 0.05) is 50.5 Å². The van der Waals surface area contributed by atoms with Gasteiger partial charge in [-0.25, -0.2) is 0 Å². The molecule has 2 aliphatic rings. The van der Waals surface area contributed by atoms with Gasteiger partial charge in [0.05, 0.1) is 13.1 Å². The maximum Gasteiger partial charge on any atom is 0.242 e. The molecule has 2 bridgehead atoms. The number of hydrogen-bond donors (Lipinski definition) is 1. The molecule has 0 spiro atoms. The van der Waals surface area contributed by atoms with Gasteiger partial charge in [-0.2, -0.15) is 5.10 Å². The Morgan fingerprint density at radius 3 is 3.00 bits per heavy atom. The van der Waals surface area contributed by atoms with E-state index >= 15 is 0 Å². The van der Waals surface area contributed by atoms with Crippen LogP contribution in [0.1, 0.15) is 26.2 Å². The Balaban J connectivity index is 1.54. The quantitative estimate of drug-likeness (QED) is 0.806. The third-order valence-corrected chi connectivity index (χ3v) is 4.77. The predicted molar refractivity (Wildman–Crippen MR) is 85.6 cm³/mol. The molecule has 2 atom stereocenters. The molecule has 7 heteroatoms. The van der Waals surface area contributed by atoms with Gasteiger partial charge in [0.25, 0.3) is 0 Å². The molecular weight excluding hydrogens is 294 g/mol. The van der Waals surface area contributed by atoms with Crippen molar-refractivity contribution in [2.24, 2.45) is 0 Å². The SMILES string of the molecule is CCN(CCn1cccn1)C(=O)CN1C[C@@H]2CC[C@H](CC1=O)N2. The van der Waals surface area contributed by atoms with Gasteiger partial charge in [-0.05, 0) is 25.8 Å². The van der Waals surface area contributed by atoms with E-state index in [1.165, 1.54) is 0 Å². The summed E-state index contributed by atoms with van der Waals surface area (Å²) in [5.41, 5.74) is 0. The highest BCUT2D eigenvalue weighted by Crippen LogP contribution is 2.21. The highest BCUT2D eigenvalue weighted by Gasteiger charge is 2.34. The Hall–Kier alpha value is -1.89. The van der Waals surface area contributed by atoms with E-state index in [1.54, 1.807) is 16.0 Å². The summed E-state index contributed by atoms with van der Waals surface area (Å²) in [7, 11) is 0. The topological polar surface area (TPSA) is 70.5 Å². The number of hydrogen-bond acceptors (Lipinski definition) is 4. The van der Waals surface area contributed by atoms with Gasteiger partial charge in [-0.1, -0.05) is 0 Å². The molecule has 3 heterocycles. The molecular formula is C16H25N5O2. The Morgan fingerprint density at radius 1 is 1.43 bits per heavy atom. The summed E-state index contributed by atoms with van der Waals surface area (Å²) in [5, 5.41) is 7.63. The number of nitrogens with zero attached hydrogens (tertiary/aromatic N) is 4. The molecule has 0 aromatic carbocycles. The van der Waals surface area contributed by atoms with Gasteiger partial charge in [0.1, 0.15) is 0 Å². The fourth-order valence-electron chi connectivity index (χ4n) is 3.45. The monoisotopic (exact) mass is 319 g/mol. The summed E-state index contributed by atoms with van der Waals surface area (Å²) in [4.78, 5) is 28.4. The molecule has 2 fully saturated rings. The van der Waals surface area contributed by atoms with Crippen molar-refractivity contribution >= 4 is 11.8 Å². The van der Waals surface area contributed by atoms with Gasteiger partial charge in [-0.15, -0.1) is 0 Å². The van der Waals surface area contributed by atoms with E-state index in [0.29, 0.717) is 44.7 Å². The molecule has 1 aromatic rings. The zero-order chi connectivity index (χ0) is 16.2. The van der Waals surface area contributed by atoms with Gasteiger partial charge in [-0.3, -0.25) is 14.3 Å². The molecule has 7 nitrogen and oxygen atoms in total. The lowest BCUT2D eigenvalue weighted by Crippen LogP contribution is -2.46. The Morgan fingerprint density at radius 2 is 2.26 bits per heavy atom. The van der Waals surface area contributed by atoms with E-state index in [9.17, 15) is 9.59 Å². The van der Waals surface area contributed by atoms with Crippen molar-refractivity contribution in [1.29, 1.82) is 0 Å². The van der Waals surface area contributed by atoms with Crippen LogP contribution in [0.3, 0.4) is 0 Å². The van der Waals surface area contributed by atoms with E-state index in [0.717, 1.165) is 12.8 Å². The van der Waals surface area contributed by atoms with Crippen LogP contribution in [0.15, 0.2) is 18.5 Å². The van der Waals surface area contributed by atoms with Gasteiger partial charge >= 0.3 is 0 Å². The van der Waals surface area contributed by atoms with Crippen molar-refractivity contribution in [3.8, 4) is 0 Å². The highest BCUT2D eigenvalue weighted by atomic mass is 16.2. The van der Waals surface area contributed by atoms with Crippen LogP contribution in [-0.4, -0.2) is 69.7 Å². The molecule has 0 saturated carbocycles. The summed E-state index contributed by atoms with van der Waals surface area (Å²) < 4.78 is 1.82. The average Bonchev–Trinajstić information content (AvgIpc) is 3.16. The smallest absolute Gasteiger partial charge is 0.242 e. The predicted octanol–water partition coefficient (Wildman–Crippen LogP) is 0.0845. The van der Waals surface area contributed by atoms with E-state index in [4.69, 9.17) is 0 Å². The van der Waals surface area contributed by atoms with Crippen molar-refractivity contribution < 1.29 is 9.59 Å². The zero-order valence-corrected chi connectivity index (χ0v) is 13.6. The van der Waals surface area contributed by atoms with E-state index in [-0.39, 0.29) is 18.4 Å². The summed E-state index contributed by atoms with van der Waals surface area (Å²) in [6, 6.07) is 2.52. The van der Waals surface area contributed by atoms with Crippen molar-refractivity contribution in [3.05, 3.63) is 18.5 Å². The van der Waals surface area contributed by atoms with Crippen LogP contribution in [0.2, 0.25) is 0 Å². The highest BCUT2D eigenvalue weighted by molar-refractivity contribution is 5.85. The maximum absolute atomic E-state index is 12.5. The van der Waals surface area contributed by atoms with E-state index in [2.05, 4.69) is 10.4 Å². The number of aromatic nitrogens is 2. The Labute approximate surface area is 136 Å². The molecule has 1 aromatic heterocycles. The largest absolute Gasteiger partial charge is 0.340 e. The molecule has 0 unspecified atom stereocenters. The first-order chi connectivity index (χ1) is 11.2. The average molecular weight is 319 g/mol. The van der Waals surface area contributed by atoms with Crippen LogP contribution < -0.4 is 5.32 Å². The van der Waals surface area contributed by atoms with Crippen LogP contribution in [0.4, 0.5) is 0 Å². The molecule has 2 aliphatic heterocycles. The molecule has 126 valence electrons. The number of nitrogens with one attached hydrogen (secondary N) is 1. The fraction of sp³-hybridized carbons (Fsp3) is 0.688. The standard InChI is InChI=1S/C16H25N5O2/c1-2-19(8-9-21-7-3-6-17-21)16(23)12-20-11-14-5-4-13(18-14)10-15(20)22/h3,6-7,13-14,18H,2,4-5,8-12H2,1H3/t13-,14+/m1/s1. The summed E-state index contributed by atoms with van der Waals surface area (Å²) in [6.07, 6.45) is 6.31. The molecule has 2 saturated heterocycles. The minimum Gasteiger partial charge on any atom is -0.340 e. The normalized spacial score (nSPS) is 23.9. The number of carbonyl (C=O) groups is 2. The number of likely N-dealkylation sites (N-methyl/N-ethyl adjacent to an activating group) is 1. The van der Waals surface area contributed by atoms with Crippen LogP contribution in [0, 0.1) is 0 Å². The van der Waals surface area contributed by atoms with Crippen LogP contribution >= 0.6 is 0 Å². The number of fused-ring (bicyclic) bond motifs is 2. The van der Waals surface area contributed by atoms with Crippen LogP contribution in [-0.2, 0) is 16.1 Å². The van der Waals surface area contributed by atoms with Crippen molar-refractivity contribution in [2.75, 3.05) is 26.2 Å². The van der Waals surface area contributed by atoms with E-state index in [1.807, 2.05) is 23.9 Å². The van der Waals surface area contributed by atoms with Crippen molar-refractivity contribution in [2.45, 2.75) is 44.8 Å². The van der Waals surface area contributed by atoms with Crippen molar-refractivity contribution in [3.63, 3.8) is 0 Å².